The van der Waals surface area contributed by atoms with Crippen LogP contribution in [0.25, 0.3) is 0 Å². The predicted octanol–water partition coefficient (Wildman–Crippen LogP) is 2.97. The topological polar surface area (TPSA) is 38.9 Å². The van der Waals surface area contributed by atoms with Crippen LogP contribution in [0.5, 0.6) is 0 Å². The SMILES string of the molecule is CC(C)c1nc(Cl)c(CN)cc1Cl. The van der Waals surface area contributed by atoms with Gasteiger partial charge in [0.1, 0.15) is 5.15 Å². The van der Waals surface area contributed by atoms with E-state index < -0.39 is 0 Å². The number of nitrogens with two attached hydrogens (primary N) is 1. The first-order valence-corrected chi connectivity index (χ1v) is 4.86. The highest BCUT2D eigenvalue weighted by Crippen LogP contribution is 2.26. The van der Waals surface area contributed by atoms with Crippen LogP contribution in [0.3, 0.4) is 0 Å². The summed E-state index contributed by atoms with van der Waals surface area (Å²) in [6, 6.07) is 1.78. The molecule has 1 rings (SSSR count). The van der Waals surface area contributed by atoms with Gasteiger partial charge in [-0.05, 0) is 12.0 Å². The summed E-state index contributed by atoms with van der Waals surface area (Å²) in [5.74, 6) is 0.275. The quantitative estimate of drug-likeness (QED) is 0.776. The van der Waals surface area contributed by atoms with Gasteiger partial charge in [-0.25, -0.2) is 4.98 Å². The van der Waals surface area contributed by atoms with Crippen LogP contribution in [0.4, 0.5) is 0 Å². The summed E-state index contributed by atoms with van der Waals surface area (Å²) >= 11 is 11.9. The Morgan fingerprint density at radius 1 is 1.46 bits per heavy atom. The van der Waals surface area contributed by atoms with Gasteiger partial charge in [-0.15, -0.1) is 0 Å². The van der Waals surface area contributed by atoms with Gasteiger partial charge < -0.3 is 5.73 Å². The molecule has 0 aliphatic carbocycles. The standard InChI is InChI=1S/C9H12Cl2N2/c1-5(2)8-7(10)3-6(4-12)9(11)13-8/h3,5H,4,12H2,1-2H3. The van der Waals surface area contributed by atoms with Crippen molar-refractivity contribution in [2.45, 2.75) is 26.3 Å². The lowest BCUT2D eigenvalue weighted by Crippen LogP contribution is -2.02. The van der Waals surface area contributed by atoms with Gasteiger partial charge in [0.25, 0.3) is 0 Å². The molecule has 1 aromatic rings. The van der Waals surface area contributed by atoms with E-state index in [1.54, 1.807) is 6.07 Å². The molecule has 0 fully saturated rings. The summed E-state index contributed by atoms with van der Waals surface area (Å²) in [5, 5.41) is 1.09. The van der Waals surface area contributed by atoms with Crippen LogP contribution in [0, 0.1) is 0 Å². The van der Waals surface area contributed by atoms with Crippen molar-refractivity contribution in [1.82, 2.24) is 4.98 Å². The maximum absolute atomic E-state index is 6.00. The Hall–Kier alpha value is -0.310. The lowest BCUT2D eigenvalue weighted by atomic mass is 10.1. The van der Waals surface area contributed by atoms with E-state index in [-0.39, 0.29) is 5.92 Å². The van der Waals surface area contributed by atoms with Crippen LogP contribution in [0.15, 0.2) is 6.07 Å². The number of pyridine rings is 1. The van der Waals surface area contributed by atoms with Crippen LogP contribution in [-0.4, -0.2) is 4.98 Å². The van der Waals surface area contributed by atoms with Crippen molar-refractivity contribution >= 4 is 23.2 Å². The van der Waals surface area contributed by atoms with Crippen LogP contribution < -0.4 is 5.73 Å². The summed E-state index contributed by atoms with van der Waals surface area (Å²) < 4.78 is 0. The number of halogens is 2. The molecule has 0 saturated heterocycles. The summed E-state index contributed by atoms with van der Waals surface area (Å²) in [6.45, 7) is 4.41. The molecule has 1 heterocycles. The Morgan fingerprint density at radius 3 is 2.54 bits per heavy atom. The molecule has 0 aromatic carbocycles. The maximum Gasteiger partial charge on any atom is 0.133 e. The molecule has 2 nitrogen and oxygen atoms in total. The first kappa shape index (κ1) is 10.8. The highest BCUT2D eigenvalue weighted by Gasteiger charge is 2.10. The second kappa shape index (κ2) is 4.27. The number of aromatic nitrogens is 1. The molecule has 0 bridgehead atoms. The predicted molar refractivity (Wildman–Crippen MR) is 56.2 cm³/mol. The molecule has 4 heteroatoms. The second-order valence-corrected chi connectivity index (χ2v) is 3.93. The summed E-state index contributed by atoms with van der Waals surface area (Å²) in [7, 11) is 0. The van der Waals surface area contributed by atoms with E-state index in [1.165, 1.54) is 0 Å². The number of hydrogen-bond acceptors (Lipinski definition) is 2. The number of nitrogens with zero attached hydrogens (tertiary/aromatic N) is 1. The smallest absolute Gasteiger partial charge is 0.133 e. The van der Waals surface area contributed by atoms with E-state index in [1.807, 2.05) is 13.8 Å². The van der Waals surface area contributed by atoms with Crippen molar-refractivity contribution in [3.8, 4) is 0 Å². The molecule has 0 aliphatic heterocycles. The minimum Gasteiger partial charge on any atom is -0.326 e. The van der Waals surface area contributed by atoms with Crippen LogP contribution >= 0.6 is 23.2 Å². The van der Waals surface area contributed by atoms with Gasteiger partial charge in [-0.3, -0.25) is 0 Å². The van der Waals surface area contributed by atoms with Crippen molar-refractivity contribution in [2.75, 3.05) is 0 Å². The average molecular weight is 219 g/mol. The van der Waals surface area contributed by atoms with E-state index in [4.69, 9.17) is 28.9 Å². The molecular formula is C9H12Cl2N2. The molecule has 0 saturated carbocycles. The molecule has 0 atom stereocenters. The van der Waals surface area contributed by atoms with Crippen LogP contribution in [0.2, 0.25) is 10.2 Å². The molecule has 0 spiro atoms. The third-order valence-corrected chi connectivity index (χ3v) is 2.43. The average Bonchev–Trinajstić information content (AvgIpc) is 2.07. The molecule has 0 aliphatic rings. The van der Waals surface area contributed by atoms with Gasteiger partial charge in [0, 0.05) is 12.1 Å². The third kappa shape index (κ3) is 2.33. The monoisotopic (exact) mass is 218 g/mol. The van der Waals surface area contributed by atoms with E-state index in [0.29, 0.717) is 16.7 Å². The molecule has 0 amide bonds. The van der Waals surface area contributed by atoms with Crippen LogP contribution in [-0.2, 0) is 6.54 Å². The third-order valence-electron chi connectivity index (χ3n) is 1.80. The molecule has 13 heavy (non-hydrogen) atoms. The molecule has 1 aromatic heterocycles. The van der Waals surface area contributed by atoms with Crippen molar-refractivity contribution in [1.29, 1.82) is 0 Å². The number of rotatable bonds is 2. The minimum absolute atomic E-state index is 0.275. The Bertz CT molecular complexity index is 311. The van der Waals surface area contributed by atoms with Gasteiger partial charge in [-0.2, -0.15) is 0 Å². The second-order valence-electron chi connectivity index (χ2n) is 3.16. The van der Waals surface area contributed by atoms with Crippen LogP contribution in [0.1, 0.15) is 31.0 Å². The summed E-state index contributed by atoms with van der Waals surface area (Å²) in [6.07, 6.45) is 0. The zero-order valence-electron chi connectivity index (χ0n) is 7.64. The maximum atomic E-state index is 6.00. The lowest BCUT2D eigenvalue weighted by Gasteiger charge is -2.09. The van der Waals surface area contributed by atoms with E-state index >= 15 is 0 Å². The highest BCUT2D eigenvalue weighted by atomic mass is 35.5. The fourth-order valence-electron chi connectivity index (χ4n) is 1.07. The molecule has 72 valence electrons. The molecule has 0 unspecified atom stereocenters. The Labute approximate surface area is 88.1 Å². The largest absolute Gasteiger partial charge is 0.326 e. The fourth-order valence-corrected chi connectivity index (χ4v) is 1.68. The van der Waals surface area contributed by atoms with E-state index in [0.717, 1.165) is 11.3 Å². The molecular weight excluding hydrogens is 207 g/mol. The summed E-state index contributed by atoms with van der Waals surface area (Å²) in [4.78, 5) is 4.20. The molecule has 2 N–H and O–H groups in total. The van der Waals surface area contributed by atoms with Gasteiger partial charge in [0.05, 0.1) is 10.7 Å². The Balaban J connectivity index is 3.20. The van der Waals surface area contributed by atoms with Crippen molar-refractivity contribution < 1.29 is 0 Å². The van der Waals surface area contributed by atoms with Gasteiger partial charge >= 0.3 is 0 Å². The van der Waals surface area contributed by atoms with Gasteiger partial charge in [0.2, 0.25) is 0 Å². The van der Waals surface area contributed by atoms with Crippen molar-refractivity contribution in [2.24, 2.45) is 5.73 Å². The van der Waals surface area contributed by atoms with Crippen molar-refractivity contribution in [3.05, 3.63) is 27.5 Å². The zero-order chi connectivity index (χ0) is 10.0. The van der Waals surface area contributed by atoms with E-state index in [9.17, 15) is 0 Å². The van der Waals surface area contributed by atoms with Crippen molar-refractivity contribution in [3.63, 3.8) is 0 Å². The summed E-state index contributed by atoms with van der Waals surface area (Å²) in [5.41, 5.74) is 7.07. The van der Waals surface area contributed by atoms with Gasteiger partial charge in [0.15, 0.2) is 0 Å². The lowest BCUT2D eigenvalue weighted by molar-refractivity contribution is 0.818. The van der Waals surface area contributed by atoms with Gasteiger partial charge in [-0.1, -0.05) is 37.0 Å². The highest BCUT2D eigenvalue weighted by molar-refractivity contribution is 6.33. The number of hydrogen-bond donors (Lipinski definition) is 1. The minimum atomic E-state index is 0.275. The Kier molecular flexibility index (Phi) is 3.54. The van der Waals surface area contributed by atoms with E-state index in [2.05, 4.69) is 4.98 Å². The first-order valence-electron chi connectivity index (χ1n) is 4.11. The Morgan fingerprint density at radius 2 is 2.08 bits per heavy atom. The first-order chi connectivity index (χ1) is 6.06. The fraction of sp³-hybridized carbons (Fsp3) is 0.444. The molecule has 0 radical (unpaired) electrons. The zero-order valence-corrected chi connectivity index (χ0v) is 9.15. The normalized spacial score (nSPS) is 10.9.